The van der Waals surface area contributed by atoms with Gasteiger partial charge in [0.2, 0.25) is 0 Å². The summed E-state index contributed by atoms with van der Waals surface area (Å²) in [6, 6.07) is 2.21. The minimum atomic E-state index is -0.0118. The molecule has 2 aromatic rings. The van der Waals surface area contributed by atoms with Gasteiger partial charge in [0.25, 0.3) is 5.89 Å². The van der Waals surface area contributed by atoms with Gasteiger partial charge in [-0.25, -0.2) is 0 Å². The number of ether oxygens (including phenoxy) is 1. The number of hydrogen-bond donors (Lipinski definition) is 0. The number of likely N-dealkylation sites (tertiary alicyclic amines) is 1. The lowest BCUT2D eigenvalue weighted by Gasteiger charge is -2.38. The van der Waals surface area contributed by atoms with Crippen LogP contribution in [0, 0.1) is 13.8 Å². The fourth-order valence-electron chi connectivity index (χ4n) is 3.69. The van der Waals surface area contributed by atoms with E-state index in [0.29, 0.717) is 11.7 Å². The van der Waals surface area contributed by atoms with E-state index in [2.05, 4.69) is 33.4 Å². The highest BCUT2D eigenvalue weighted by molar-refractivity contribution is 7.10. The Morgan fingerprint density at radius 3 is 2.78 bits per heavy atom. The monoisotopic (exact) mass is 333 g/mol. The van der Waals surface area contributed by atoms with Crippen molar-refractivity contribution < 1.29 is 9.26 Å². The first-order valence-corrected chi connectivity index (χ1v) is 9.25. The molecule has 6 heteroatoms. The van der Waals surface area contributed by atoms with Gasteiger partial charge in [0.05, 0.1) is 5.60 Å². The second-order valence-corrected chi connectivity index (χ2v) is 7.81. The zero-order chi connectivity index (χ0) is 15.9. The molecule has 1 atom stereocenters. The molecule has 0 bridgehead atoms. The van der Waals surface area contributed by atoms with E-state index in [-0.39, 0.29) is 11.7 Å². The first-order chi connectivity index (χ1) is 11.1. The van der Waals surface area contributed by atoms with Gasteiger partial charge in [0.1, 0.15) is 6.10 Å². The van der Waals surface area contributed by atoms with E-state index in [1.807, 2.05) is 18.3 Å². The van der Waals surface area contributed by atoms with Gasteiger partial charge in [0.15, 0.2) is 5.82 Å². The maximum Gasteiger partial charge on any atom is 0.255 e. The average molecular weight is 333 g/mol. The smallest absolute Gasteiger partial charge is 0.255 e. The summed E-state index contributed by atoms with van der Waals surface area (Å²) in [5, 5.41) is 6.07. The quantitative estimate of drug-likeness (QED) is 0.858. The normalized spacial score (nSPS) is 24.5. The van der Waals surface area contributed by atoms with Crippen molar-refractivity contribution in [3.05, 3.63) is 33.6 Å². The average Bonchev–Trinajstić information content (AvgIpc) is 3.24. The SMILES string of the molecule is Cc1noc(C2CCC3(CCN(Cc4sccc4C)CC3)O2)n1. The number of thiophene rings is 1. The van der Waals surface area contributed by atoms with Crippen molar-refractivity contribution in [3.63, 3.8) is 0 Å². The molecule has 0 aliphatic carbocycles. The number of rotatable bonds is 3. The van der Waals surface area contributed by atoms with Gasteiger partial charge < -0.3 is 9.26 Å². The van der Waals surface area contributed by atoms with Gasteiger partial charge >= 0.3 is 0 Å². The Hall–Kier alpha value is -1.24. The van der Waals surface area contributed by atoms with Gasteiger partial charge in [-0.3, -0.25) is 4.90 Å². The predicted octanol–water partition coefficient (Wildman–Crippen LogP) is 3.63. The zero-order valence-corrected chi connectivity index (χ0v) is 14.6. The Morgan fingerprint density at radius 2 is 2.13 bits per heavy atom. The van der Waals surface area contributed by atoms with E-state index in [9.17, 15) is 0 Å². The predicted molar refractivity (Wildman–Crippen MR) is 88.4 cm³/mol. The minimum Gasteiger partial charge on any atom is -0.362 e. The molecule has 0 saturated carbocycles. The zero-order valence-electron chi connectivity index (χ0n) is 13.7. The van der Waals surface area contributed by atoms with Crippen LogP contribution in [0.1, 0.15) is 53.9 Å². The summed E-state index contributed by atoms with van der Waals surface area (Å²) in [5.74, 6) is 1.33. The molecule has 23 heavy (non-hydrogen) atoms. The van der Waals surface area contributed by atoms with E-state index >= 15 is 0 Å². The molecule has 2 aliphatic heterocycles. The Bertz CT molecular complexity index is 673. The largest absolute Gasteiger partial charge is 0.362 e. The van der Waals surface area contributed by atoms with Gasteiger partial charge in [-0.1, -0.05) is 5.16 Å². The second-order valence-electron chi connectivity index (χ2n) is 6.81. The van der Waals surface area contributed by atoms with Crippen LogP contribution in [0.2, 0.25) is 0 Å². The highest BCUT2D eigenvalue weighted by Gasteiger charge is 2.44. The molecule has 4 heterocycles. The molecule has 1 spiro atoms. The number of aromatic nitrogens is 2. The molecule has 0 amide bonds. The summed E-state index contributed by atoms with van der Waals surface area (Å²) in [6.07, 6.45) is 4.28. The van der Waals surface area contributed by atoms with Crippen LogP contribution in [0.5, 0.6) is 0 Å². The summed E-state index contributed by atoms with van der Waals surface area (Å²) < 4.78 is 11.7. The van der Waals surface area contributed by atoms with Crippen molar-refractivity contribution in [1.82, 2.24) is 15.0 Å². The Balaban J connectivity index is 1.35. The van der Waals surface area contributed by atoms with Crippen LogP contribution in [-0.2, 0) is 11.3 Å². The molecule has 0 aromatic carbocycles. The second kappa shape index (κ2) is 6.00. The van der Waals surface area contributed by atoms with E-state index in [0.717, 1.165) is 45.3 Å². The van der Waals surface area contributed by atoms with Gasteiger partial charge in [-0.05, 0) is 56.5 Å². The van der Waals surface area contributed by atoms with E-state index in [1.54, 1.807) is 0 Å². The fourth-order valence-corrected chi connectivity index (χ4v) is 4.63. The van der Waals surface area contributed by atoms with Gasteiger partial charge in [-0.15, -0.1) is 11.3 Å². The molecule has 2 aliphatic rings. The van der Waals surface area contributed by atoms with Gasteiger partial charge in [0, 0.05) is 24.5 Å². The third-order valence-corrected chi connectivity index (χ3v) is 6.18. The number of piperidine rings is 1. The maximum atomic E-state index is 6.38. The van der Waals surface area contributed by atoms with Crippen LogP contribution >= 0.6 is 11.3 Å². The number of hydrogen-bond acceptors (Lipinski definition) is 6. The first-order valence-electron chi connectivity index (χ1n) is 8.37. The van der Waals surface area contributed by atoms with Crippen molar-refractivity contribution in [2.75, 3.05) is 13.1 Å². The highest BCUT2D eigenvalue weighted by Crippen LogP contribution is 2.44. The molecule has 1 unspecified atom stereocenters. The van der Waals surface area contributed by atoms with Crippen molar-refractivity contribution >= 4 is 11.3 Å². The molecule has 5 nitrogen and oxygen atoms in total. The van der Waals surface area contributed by atoms with Crippen molar-refractivity contribution in [1.29, 1.82) is 0 Å². The molecule has 124 valence electrons. The first kappa shape index (κ1) is 15.3. The summed E-state index contributed by atoms with van der Waals surface area (Å²) >= 11 is 1.87. The van der Waals surface area contributed by atoms with E-state index in [1.165, 1.54) is 10.4 Å². The number of nitrogens with zero attached hydrogens (tertiary/aromatic N) is 3. The van der Waals surface area contributed by atoms with Crippen LogP contribution < -0.4 is 0 Å². The molecular formula is C17H23N3O2S. The summed E-state index contributed by atoms with van der Waals surface area (Å²) in [6.45, 7) is 7.34. The summed E-state index contributed by atoms with van der Waals surface area (Å²) in [5.41, 5.74) is 1.44. The fraction of sp³-hybridized carbons (Fsp3) is 0.647. The topological polar surface area (TPSA) is 51.4 Å². The molecule has 2 fully saturated rings. The van der Waals surface area contributed by atoms with Gasteiger partial charge in [-0.2, -0.15) is 4.98 Å². The molecule has 2 saturated heterocycles. The van der Waals surface area contributed by atoms with Crippen LogP contribution in [0.4, 0.5) is 0 Å². The molecule has 0 radical (unpaired) electrons. The van der Waals surface area contributed by atoms with Crippen molar-refractivity contribution in [2.45, 2.75) is 57.8 Å². The van der Waals surface area contributed by atoms with Crippen LogP contribution in [0.3, 0.4) is 0 Å². The lowest BCUT2D eigenvalue weighted by molar-refractivity contribution is -0.0868. The van der Waals surface area contributed by atoms with Crippen molar-refractivity contribution in [2.24, 2.45) is 0 Å². The standard InChI is InChI=1S/C17H23N3O2S/c1-12-4-10-23-15(12)11-20-8-6-17(7-9-20)5-3-14(21-17)16-18-13(2)19-22-16/h4,10,14H,3,5-9,11H2,1-2H3. The summed E-state index contributed by atoms with van der Waals surface area (Å²) in [4.78, 5) is 8.38. The van der Waals surface area contributed by atoms with Crippen LogP contribution in [-0.4, -0.2) is 33.7 Å². The third-order valence-electron chi connectivity index (χ3n) is 5.18. The Labute approximate surface area is 140 Å². The van der Waals surface area contributed by atoms with Crippen LogP contribution in [0.25, 0.3) is 0 Å². The number of aryl methyl sites for hydroxylation is 2. The van der Waals surface area contributed by atoms with E-state index in [4.69, 9.17) is 9.26 Å². The lowest BCUT2D eigenvalue weighted by Crippen LogP contribution is -2.43. The molecular weight excluding hydrogens is 310 g/mol. The highest BCUT2D eigenvalue weighted by atomic mass is 32.1. The maximum absolute atomic E-state index is 6.38. The molecule has 2 aromatic heterocycles. The molecule has 4 rings (SSSR count). The van der Waals surface area contributed by atoms with Crippen LogP contribution in [0.15, 0.2) is 16.0 Å². The Morgan fingerprint density at radius 1 is 1.30 bits per heavy atom. The minimum absolute atomic E-state index is 0.0118. The van der Waals surface area contributed by atoms with Crippen molar-refractivity contribution in [3.8, 4) is 0 Å². The lowest BCUT2D eigenvalue weighted by atomic mass is 9.88. The van der Waals surface area contributed by atoms with E-state index < -0.39 is 0 Å². The Kier molecular flexibility index (Phi) is 3.99. The third kappa shape index (κ3) is 3.07. The summed E-state index contributed by atoms with van der Waals surface area (Å²) in [7, 11) is 0. The molecule has 0 N–H and O–H groups in total.